The molecule has 0 saturated heterocycles. The van der Waals surface area contributed by atoms with Gasteiger partial charge in [-0.1, -0.05) is 110 Å². The third kappa shape index (κ3) is 7.13. The minimum Gasteiger partial charge on any atom is -0.457 e. The number of ether oxygens (including phenoxy) is 1. The second-order valence-corrected chi connectivity index (χ2v) is 10.3. The topological polar surface area (TPSA) is 38.3 Å². The largest absolute Gasteiger partial charge is 0.457 e. The molecule has 0 aromatic heterocycles. The number of aryl methyl sites for hydroxylation is 2. The molecule has 0 atom stereocenters. The van der Waals surface area contributed by atoms with Gasteiger partial charge in [-0.05, 0) is 71.6 Å². The Bertz CT molecular complexity index is 1290. The molecule has 0 amide bonds. The Morgan fingerprint density at radius 3 is 2.11 bits per heavy atom. The summed E-state index contributed by atoms with van der Waals surface area (Å²) in [4.78, 5) is 13.2. The van der Waals surface area contributed by atoms with Gasteiger partial charge in [-0.3, -0.25) is 0 Å². The maximum atomic E-state index is 13.2. The minimum absolute atomic E-state index is 0.267. The fourth-order valence-electron chi connectivity index (χ4n) is 5.37. The first-order valence-electron chi connectivity index (χ1n) is 14.0. The number of carbonyl (C=O) groups is 1. The van der Waals surface area contributed by atoms with Gasteiger partial charge in [-0.15, -0.1) is 0 Å². The van der Waals surface area contributed by atoms with Crippen LogP contribution in [0, 0.1) is 0 Å². The van der Waals surface area contributed by atoms with Crippen LogP contribution in [0.4, 0.5) is 5.69 Å². The van der Waals surface area contributed by atoms with Crippen molar-refractivity contribution in [3.05, 3.63) is 137 Å². The summed E-state index contributed by atoms with van der Waals surface area (Å²) in [7, 11) is 0. The van der Waals surface area contributed by atoms with E-state index in [0.717, 1.165) is 35.6 Å². The molecule has 1 aliphatic carbocycles. The number of carbonyl (C=O) groups excluding carboxylic acids is 1. The zero-order chi connectivity index (χ0) is 26.0. The monoisotopic (exact) mass is 503 g/mol. The van der Waals surface area contributed by atoms with Crippen LogP contribution in [0.3, 0.4) is 0 Å². The lowest BCUT2D eigenvalue weighted by Gasteiger charge is -2.22. The molecule has 0 unspecified atom stereocenters. The van der Waals surface area contributed by atoms with Gasteiger partial charge < -0.3 is 10.1 Å². The minimum atomic E-state index is -0.280. The van der Waals surface area contributed by atoms with E-state index in [-0.39, 0.29) is 12.6 Å². The van der Waals surface area contributed by atoms with Crippen molar-refractivity contribution in [3.63, 3.8) is 0 Å². The normalized spacial score (nSPS) is 13.7. The molecule has 194 valence electrons. The van der Waals surface area contributed by atoms with Gasteiger partial charge in [0.2, 0.25) is 0 Å². The number of anilines is 1. The second-order valence-electron chi connectivity index (χ2n) is 10.3. The highest BCUT2D eigenvalue weighted by Gasteiger charge is 2.16. The molecular weight excluding hydrogens is 466 g/mol. The summed E-state index contributed by atoms with van der Waals surface area (Å²) >= 11 is 0. The van der Waals surface area contributed by atoms with Crippen molar-refractivity contribution < 1.29 is 9.53 Å². The number of hydrogen-bond donors (Lipinski definition) is 1. The molecule has 3 nitrogen and oxygen atoms in total. The molecule has 4 aromatic carbocycles. The Morgan fingerprint density at radius 2 is 1.39 bits per heavy atom. The first-order chi connectivity index (χ1) is 18.7. The average Bonchev–Trinajstić information content (AvgIpc) is 2.99. The Morgan fingerprint density at radius 1 is 0.711 bits per heavy atom. The van der Waals surface area contributed by atoms with Gasteiger partial charge in [0.15, 0.2) is 0 Å². The summed E-state index contributed by atoms with van der Waals surface area (Å²) in [5.74, 6) is 0.441. The van der Waals surface area contributed by atoms with Crippen LogP contribution < -0.4 is 5.32 Å². The third-order valence-corrected chi connectivity index (χ3v) is 7.62. The lowest BCUT2D eigenvalue weighted by Crippen LogP contribution is -2.11. The Balaban J connectivity index is 1.27. The van der Waals surface area contributed by atoms with E-state index in [9.17, 15) is 4.79 Å². The SMILES string of the molecule is O=C(OCc1ccccc1)c1cc(NCc2ccc(C3CCCCC3)cc2)ccc1CCc1ccccc1. The van der Waals surface area contributed by atoms with E-state index >= 15 is 0 Å². The molecule has 3 heteroatoms. The summed E-state index contributed by atoms with van der Waals surface area (Å²) in [5, 5.41) is 3.52. The molecule has 5 rings (SSSR count). The van der Waals surface area contributed by atoms with Crippen molar-refractivity contribution in [2.75, 3.05) is 5.32 Å². The van der Waals surface area contributed by atoms with Crippen LogP contribution in [0.5, 0.6) is 0 Å². The predicted molar refractivity (Wildman–Crippen MR) is 155 cm³/mol. The molecule has 0 spiro atoms. The van der Waals surface area contributed by atoms with Crippen molar-refractivity contribution >= 4 is 11.7 Å². The van der Waals surface area contributed by atoms with E-state index < -0.39 is 0 Å². The number of nitrogens with one attached hydrogen (secondary N) is 1. The lowest BCUT2D eigenvalue weighted by atomic mass is 9.84. The smallest absolute Gasteiger partial charge is 0.338 e. The molecule has 4 aromatic rings. The highest BCUT2D eigenvalue weighted by Crippen LogP contribution is 2.32. The van der Waals surface area contributed by atoms with Gasteiger partial charge in [0, 0.05) is 12.2 Å². The summed E-state index contributed by atoms with van der Waals surface area (Å²) in [6.45, 7) is 0.982. The molecule has 0 aliphatic heterocycles. The zero-order valence-corrected chi connectivity index (χ0v) is 22.1. The summed E-state index contributed by atoms with van der Waals surface area (Å²) < 4.78 is 5.73. The van der Waals surface area contributed by atoms with Crippen LogP contribution in [0.2, 0.25) is 0 Å². The van der Waals surface area contributed by atoms with E-state index in [1.54, 1.807) is 0 Å². The fourth-order valence-corrected chi connectivity index (χ4v) is 5.37. The van der Waals surface area contributed by atoms with Crippen molar-refractivity contribution in [1.82, 2.24) is 0 Å². The molecular formula is C35H37NO2. The fraction of sp³-hybridized carbons (Fsp3) is 0.286. The quantitative estimate of drug-likeness (QED) is 0.221. The van der Waals surface area contributed by atoms with Crippen molar-refractivity contribution in [1.29, 1.82) is 0 Å². The van der Waals surface area contributed by atoms with Crippen LogP contribution in [-0.2, 0) is 30.7 Å². The van der Waals surface area contributed by atoms with Gasteiger partial charge in [-0.25, -0.2) is 4.79 Å². The molecule has 0 heterocycles. The van der Waals surface area contributed by atoms with Crippen LogP contribution >= 0.6 is 0 Å². The molecule has 1 aliphatic rings. The molecule has 1 saturated carbocycles. The van der Waals surface area contributed by atoms with Crippen molar-refractivity contribution in [2.45, 2.75) is 64.0 Å². The molecule has 38 heavy (non-hydrogen) atoms. The summed E-state index contributed by atoms with van der Waals surface area (Å²) in [5.41, 5.74) is 7.53. The van der Waals surface area contributed by atoms with Crippen LogP contribution in [0.15, 0.2) is 103 Å². The maximum absolute atomic E-state index is 13.2. The van der Waals surface area contributed by atoms with Gasteiger partial charge in [-0.2, -0.15) is 0 Å². The average molecular weight is 504 g/mol. The second kappa shape index (κ2) is 13.1. The van der Waals surface area contributed by atoms with Gasteiger partial charge in [0.25, 0.3) is 0 Å². The highest BCUT2D eigenvalue weighted by atomic mass is 16.5. The predicted octanol–water partition coefficient (Wildman–Crippen LogP) is 8.49. The molecule has 1 N–H and O–H groups in total. The summed E-state index contributed by atoms with van der Waals surface area (Å²) in [6.07, 6.45) is 8.37. The van der Waals surface area contributed by atoms with E-state index in [4.69, 9.17) is 4.74 Å². The van der Waals surface area contributed by atoms with Crippen LogP contribution in [0.1, 0.15) is 76.2 Å². The number of benzene rings is 4. The zero-order valence-electron chi connectivity index (χ0n) is 22.1. The van der Waals surface area contributed by atoms with Crippen molar-refractivity contribution in [2.24, 2.45) is 0 Å². The third-order valence-electron chi connectivity index (χ3n) is 7.62. The maximum Gasteiger partial charge on any atom is 0.338 e. The first kappa shape index (κ1) is 25.8. The molecule has 1 fully saturated rings. The number of rotatable bonds is 10. The Labute approximate surface area is 226 Å². The lowest BCUT2D eigenvalue weighted by molar-refractivity contribution is 0.0471. The van der Waals surface area contributed by atoms with E-state index in [0.29, 0.717) is 12.1 Å². The number of hydrogen-bond acceptors (Lipinski definition) is 3. The summed E-state index contributed by atoms with van der Waals surface area (Å²) in [6, 6.07) is 35.4. The first-order valence-corrected chi connectivity index (χ1v) is 14.0. The van der Waals surface area contributed by atoms with Crippen LogP contribution in [0.25, 0.3) is 0 Å². The Hall–Kier alpha value is -3.85. The van der Waals surface area contributed by atoms with E-state index in [2.05, 4.69) is 66.0 Å². The van der Waals surface area contributed by atoms with E-state index in [1.807, 2.05) is 42.5 Å². The Kier molecular flexibility index (Phi) is 8.89. The highest BCUT2D eigenvalue weighted by molar-refractivity contribution is 5.92. The molecule has 0 radical (unpaired) electrons. The van der Waals surface area contributed by atoms with Crippen LogP contribution in [-0.4, -0.2) is 5.97 Å². The number of esters is 1. The van der Waals surface area contributed by atoms with Gasteiger partial charge >= 0.3 is 5.97 Å². The molecule has 0 bridgehead atoms. The van der Waals surface area contributed by atoms with Gasteiger partial charge in [0.1, 0.15) is 6.61 Å². The van der Waals surface area contributed by atoms with Gasteiger partial charge in [0.05, 0.1) is 5.56 Å². The van der Waals surface area contributed by atoms with Crippen molar-refractivity contribution in [3.8, 4) is 0 Å². The standard InChI is InChI=1S/C35H37NO2/c37-35(38-26-29-12-6-2-7-13-29)34-24-33(23-22-32(34)21-16-27-10-4-1-5-11-27)36-25-28-17-19-31(20-18-28)30-14-8-3-9-15-30/h1-2,4-7,10-13,17-20,22-24,30,36H,3,8-9,14-16,21,25-26H2. The van der Waals surface area contributed by atoms with E-state index in [1.165, 1.54) is 48.8 Å².